The number of hydrogen-bond acceptors (Lipinski definition) is 4. The van der Waals surface area contributed by atoms with Gasteiger partial charge in [0.15, 0.2) is 11.6 Å². The molecule has 0 aliphatic carbocycles. The number of aromatic nitrogens is 2. The average Bonchev–Trinajstić information content (AvgIpc) is 3.07. The average molecular weight is 372 g/mol. The molecule has 0 aliphatic heterocycles. The molecule has 138 valence electrons. The van der Waals surface area contributed by atoms with Gasteiger partial charge in [-0.15, -0.1) is 0 Å². The second kappa shape index (κ2) is 6.71. The number of pyridine rings is 1. The Morgan fingerprint density at radius 2 is 1.89 bits per heavy atom. The van der Waals surface area contributed by atoms with Crippen LogP contribution in [0.4, 0.5) is 4.39 Å². The zero-order chi connectivity index (χ0) is 19.8. The number of nitrogens with zero attached hydrogens (tertiary/aromatic N) is 3. The van der Waals surface area contributed by atoms with E-state index >= 15 is 0 Å². The SMILES string of the molecule is COc1ccc(-c2nc3ccn(N)c3cc2-c2ccc(C#N)c(C)c2)cc1F. The van der Waals surface area contributed by atoms with Gasteiger partial charge in [0.1, 0.15) is 0 Å². The molecule has 0 fully saturated rings. The number of nitrogens with two attached hydrogens (primary N) is 1. The number of nitrogen functional groups attached to an aromatic ring is 1. The lowest BCUT2D eigenvalue weighted by atomic mass is 9.96. The number of aryl methyl sites for hydroxylation is 1. The third-order valence-corrected chi connectivity index (χ3v) is 4.79. The van der Waals surface area contributed by atoms with Crippen LogP contribution in [0.1, 0.15) is 11.1 Å². The molecule has 4 rings (SSSR count). The maximum Gasteiger partial charge on any atom is 0.165 e. The van der Waals surface area contributed by atoms with Crippen LogP contribution in [0.15, 0.2) is 54.7 Å². The van der Waals surface area contributed by atoms with Gasteiger partial charge in [-0.1, -0.05) is 12.1 Å². The van der Waals surface area contributed by atoms with Crippen molar-refractivity contribution in [2.75, 3.05) is 13.0 Å². The van der Waals surface area contributed by atoms with Crippen LogP contribution in [0, 0.1) is 24.1 Å². The Balaban J connectivity index is 2.00. The summed E-state index contributed by atoms with van der Waals surface area (Å²) in [4.78, 5) is 4.74. The van der Waals surface area contributed by atoms with E-state index in [4.69, 9.17) is 15.6 Å². The molecule has 0 radical (unpaired) electrons. The third kappa shape index (κ3) is 2.83. The molecule has 0 spiro atoms. The number of methoxy groups -OCH3 is 1. The topological polar surface area (TPSA) is 76.9 Å². The molecule has 2 aromatic heterocycles. The number of fused-ring (bicyclic) bond motifs is 1. The smallest absolute Gasteiger partial charge is 0.165 e. The summed E-state index contributed by atoms with van der Waals surface area (Å²) in [7, 11) is 1.43. The van der Waals surface area contributed by atoms with Gasteiger partial charge in [-0.25, -0.2) is 9.37 Å². The van der Waals surface area contributed by atoms with Gasteiger partial charge in [0.05, 0.1) is 35.5 Å². The maximum absolute atomic E-state index is 14.3. The van der Waals surface area contributed by atoms with E-state index in [0.29, 0.717) is 22.3 Å². The van der Waals surface area contributed by atoms with Crippen LogP contribution in [0.25, 0.3) is 33.4 Å². The Bertz CT molecular complexity index is 1250. The van der Waals surface area contributed by atoms with Crippen molar-refractivity contribution in [3.63, 3.8) is 0 Å². The quantitative estimate of drug-likeness (QED) is 0.540. The van der Waals surface area contributed by atoms with E-state index < -0.39 is 5.82 Å². The molecule has 4 aromatic rings. The van der Waals surface area contributed by atoms with E-state index in [1.165, 1.54) is 17.9 Å². The minimum atomic E-state index is -0.458. The first-order valence-electron chi connectivity index (χ1n) is 8.64. The number of hydrogen-bond donors (Lipinski definition) is 1. The number of rotatable bonds is 3. The largest absolute Gasteiger partial charge is 0.494 e. The molecule has 0 amide bonds. The van der Waals surface area contributed by atoms with E-state index in [1.807, 2.05) is 31.2 Å². The van der Waals surface area contributed by atoms with Crippen molar-refractivity contribution in [1.82, 2.24) is 9.66 Å². The second-order valence-corrected chi connectivity index (χ2v) is 6.50. The van der Waals surface area contributed by atoms with Crippen LogP contribution in [-0.4, -0.2) is 16.8 Å². The van der Waals surface area contributed by atoms with Crippen molar-refractivity contribution in [3.05, 3.63) is 71.7 Å². The summed E-state index contributed by atoms with van der Waals surface area (Å²) < 4.78 is 20.9. The normalized spacial score (nSPS) is 10.8. The highest BCUT2D eigenvalue weighted by Crippen LogP contribution is 2.35. The molecule has 0 atom stereocenters. The summed E-state index contributed by atoms with van der Waals surface area (Å²) in [6.45, 7) is 1.88. The van der Waals surface area contributed by atoms with Gasteiger partial charge < -0.3 is 10.6 Å². The fourth-order valence-electron chi connectivity index (χ4n) is 3.29. The maximum atomic E-state index is 14.3. The monoisotopic (exact) mass is 372 g/mol. The molecular formula is C22H17FN4O. The predicted molar refractivity (Wildman–Crippen MR) is 107 cm³/mol. The number of nitriles is 1. The van der Waals surface area contributed by atoms with Crippen molar-refractivity contribution in [2.24, 2.45) is 0 Å². The van der Waals surface area contributed by atoms with Gasteiger partial charge in [0.25, 0.3) is 0 Å². The fourth-order valence-corrected chi connectivity index (χ4v) is 3.29. The van der Waals surface area contributed by atoms with Crippen molar-refractivity contribution < 1.29 is 9.13 Å². The first kappa shape index (κ1) is 17.6. The van der Waals surface area contributed by atoms with Gasteiger partial charge in [-0.05, 0) is 54.4 Å². The molecule has 5 nitrogen and oxygen atoms in total. The van der Waals surface area contributed by atoms with Crippen molar-refractivity contribution >= 4 is 11.0 Å². The fraction of sp³-hybridized carbons (Fsp3) is 0.0909. The highest BCUT2D eigenvalue weighted by atomic mass is 19.1. The van der Waals surface area contributed by atoms with Crippen molar-refractivity contribution in [2.45, 2.75) is 6.92 Å². The molecule has 0 bridgehead atoms. The number of ether oxygens (including phenoxy) is 1. The summed E-state index contributed by atoms with van der Waals surface area (Å²) >= 11 is 0. The summed E-state index contributed by atoms with van der Waals surface area (Å²) in [5.41, 5.74) is 5.87. The van der Waals surface area contributed by atoms with Crippen LogP contribution < -0.4 is 10.6 Å². The minimum Gasteiger partial charge on any atom is -0.494 e. The van der Waals surface area contributed by atoms with E-state index in [1.54, 1.807) is 24.4 Å². The standard InChI is InChI=1S/C22H17FN4O/c1-13-9-14(3-4-16(13)12-24)17-11-20-19(7-8-27(20)25)26-22(17)15-5-6-21(28-2)18(23)10-15/h3-11H,25H2,1-2H3. The number of benzene rings is 2. The van der Waals surface area contributed by atoms with E-state index in [9.17, 15) is 9.65 Å². The highest BCUT2D eigenvalue weighted by molar-refractivity contribution is 5.90. The molecule has 2 N–H and O–H groups in total. The van der Waals surface area contributed by atoms with E-state index in [-0.39, 0.29) is 5.75 Å². The van der Waals surface area contributed by atoms with Crippen LogP contribution in [0.3, 0.4) is 0 Å². The van der Waals surface area contributed by atoms with Crippen LogP contribution in [-0.2, 0) is 0 Å². The summed E-state index contributed by atoms with van der Waals surface area (Å²) in [5.74, 6) is 5.72. The van der Waals surface area contributed by atoms with Crippen molar-refractivity contribution in [3.8, 4) is 34.2 Å². The van der Waals surface area contributed by atoms with E-state index in [0.717, 1.165) is 22.2 Å². The first-order chi connectivity index (χ1) is 13.5. The third-order valence-electron chi connectivity index (χ3n) is 4.79. The van der Waals surface area contributed by atoms with Gasteiger partial charge in [0, 0.05) is 17.3 Å². The zero-order valence-corrected chi connectivity index (χ0v) is 15.4. The highest BCUT2D eigenvalue weighted by Gasteiger charge is 2.16. The minimum absolute atomic E-state index is 0.175. The van der Waals surface area contributed by atoms with Crippen LogP contribution >= 0.6 is 0 Å². The Morgan fingerprint density at radius 3 is 2.57 bits per heavy atom. The number of halogens is 1. The molecule has 0 saturated carbocycles. The molecule has 2 heterocycles. The lowest BCUT2D eigenvalue weighted by Crippen LogP contribution is -2.05. The Kier molecular flexibility index (Phi) is 4.21. The van der Waals surface area contributed by atoms with E-state index in [2.05, 4.69) is 6.07 Å². The lowest BCUT2D eigenvalue weighted by Gasteiger charge is -2.13. The molecule has 0 aliphatic rings. The summed E-state index contributed by atoms with van der Waals surface area (Å²) in [6, 6.07) is 16.2. The first-order valence-corrected chi connectivity index (χ1v) is 8.64. The van der Waals surface area contributed by atoms with Gasteiger partial charge in [-0.2, -0.15) is 5.26 Å². The Labute approximate surface area is 161 Å². The van der Waals surface area contributed by atoms with Gasteiger partial charge in [0.2, 0.25) is 0 Å². The molecule has 6 heteroatoms. The molecule has 0 saturated heterocycles. The Hall–Kier alpha value is -3.85. The van der Waals surface area contributed by atoms with Gasteiger partial charge in [-0.3, -0.25) is 4.68 Å². The van der Waals surface area contributed by atoms with Crippen LogP contribution in [0.5, 0.6) is 5.75 Å². The molecule has 2 aromatic carbocycles. The predicted octanol–water partition coefficient (Wildman–Crippen LogP) is 4.41. The van der Waals surface area contributed by atoms with Crippen molar-refractivity contribution in [1.29, 1.82) is 5.26 Å². The summed E-state index contributed by atoms with van der Waals surface area (Å²) in [5, 5.41) is 9.21. The Morgan fingerprint density at radius 1 is 1.11 bits per heavy atom. The summed E-state index contributed by atoms with van der Waals surface area (Å²) in [6.07, 6.45) is 1.73. The second-order valence-electron chi connectivity index (χ2n) is 6.50. The lowest BCUT2D eigenvalue weighted by molar-refractivity contribution is 0.386. The zero-order valence-electron chi connectivity index (χ0n) is 15.4. The molecular weight excluding hydrogens is 355 g/mol. The molecule has 28 heavy (non-hydrogen) atoms. The molecule has 0 unspecified atom stereocenters. The van der Waals surface area contributed by atoms with Gasteiger partial charge >= 0.3 is 0 Å². The van der Waals surface area contributed by atoms with Crippen LogP contribution in [0.2, 0.25) is 0 Å².